The van der Waals surface area contributed by atoms with E-state index in [4.69, 9.17) is 0 Å². The molecule has 1 aromatic rings. The van der Waals surface area contributed by atoms with E-state index in [-0.39, 0.29) is 18.3 Å². The zero-order valence-electron chi connectivity index (χ0n) is 10.4. The van der Waals surface area contributed by atoms with Crippen LogP contribution in [0.2, 0.25) is 0 Å². The molecule has 2 fully saturated rings. The van der Waals surface area contributed by atoms with Gasteiger partial charge in [-0.1, -0.05) is 0 Å². The van der Waals surface area contributed by atoms with Crippen molar-refractivity contribution >= 4 is 18.3 Å². The van der Waals surface area contributed by atoms with Gasteiger partial charge < -0.3 is 15.2 Å². The quantitative estimate of drug-likeness (QED) is 0.876. The predicted octanol–water partition coefficient (Wildman–Crippen LogP) is 1.79. The number of nitrogens with zero attached hydrogens (tertiary/aromatic N) is 1. The largest absolute Gasteiger partial charge is 0.357 e. The first-order chi connectivity index (χ1) is 8.34. The molecule has 0 bridgehead atoms. The predicted molar refractivity (Wildman–Crippen MR) is 73.1 cm³/mol. The van der Waals surface area contributed by atoms with E-state index in [0.717, 1.165) is 18.8 Å². The van der Waals surface area contributed by atoms with Gasteiger partial charge in [-0.3, -0.25) is 4.79 Å². The van der Waals surface area contributed by atoms with Crippen molar-refractivity contribution < 1.29 is 4.79 Å². The Labute approximate surface area is 114 Å². The highest BCUT2D eigenvalue weighted by Crippen LogP contribution is 2.28. The van der Waals surface area contributed by atoms with E-state index < -0.39 is 0 Å². The summed E-state index contributed by atoms with van der Waals surface area (Å²) in [4.78, 5) is 17.4. The number of halogens is 1. The molecule has 1 saturated heterocycles. The minimum atomic E-state index is 0. The van der Waals surface area contributed by atoms with Gasteiger partial charge in [-0.2, -0.15) is 0 Å². The number of carbonyl (C=O) groups is 1. The van der Waals surface area contributed by atoms with Gasteiger partial charge in [0.2, 0.25) is 0 Å². The number of aromatic nitrogens is 1. The van der Waals surface area contributed by atoms with Crippen molar-refractivity contribution in [1.82, 2.24) is 15.2 Å². The maximum atomic E-state index is 12.3. The van der Waals surface area contributed by atoms with Gasteiger partial charge in [0.25, 0.3) is 5.91 Å². The maximum Gasteiger partial charge on any atom is 0.270 e. The third-order valence-electron chi connectivity index (χ3n) is 3.66. The van der Waals surface area contributed by atoms with E-state index in [1.807, 2.05) is 18.3 Å². The van der Waals surface area contributed by atoms with E-state index in [2.05, 4.69) is 15.2 Å². The zero-order chi connectivity index (χ0) is 11.7. The molecule has 100 valence electrons. The molecule has 5 heteroatoms. The van der Waals surface area contributed by atoms with Crippen LogP contribution in [0.4, 0.5) is 0 Å². The molecule has 1 atom stereocenters. The molecular formula is C13H20ClN3O. The first-order valence-corrected chi connectivity index (χ1v) is 6.52. The summed E-state index contributed by atoms with van der Waals surface area (Å²) >= 11 is 0. The van der Waals surface area contributed by atoms with Crippen LogP contribution in [0, 0.1) is 0 Å². The number of aromatic amines is 1. The van der Waals surface area contributed by atoms with Crippen molar-refractivity contribution in [2.45, 2.75) is 37.8 Å². The molecule has 1 saturated carbocycles. The van der Waals surface area contributed by atoms with Crippen molar-refractivity contribution in [2.75, 3.05) is 13.1 Å². The van der Waals surface area contributed by atoms with E-state index >= 15 is 0 Å². The minimum Gasteiger partial charge on any atom is -0.357 e. The second-order valence-corrected chi connectivity index (χ2v) is 5.07. The summed E-state index contributed by atoms with van der Waals surface area (Å²) in [6.07, 6.45) is 6.57. The molecule has 3 rings (SSSR count). The van der Waals surface area contributed by atoms with Crippen LogP contribution >= 0.6 is 12.4 Å². The molecule has 4 nitrogen and oxygen atoms in total. The number of amides is 1. The molecule has 2 N–H and O–H groups in total. The van der Waals surface area contributed by atoms with E-state index in [1.165, 1.54) is 25.7 Å². The number of H-pyrrole nitrogens is 1. The standard InChI is InChI=1S/C13H19N3O.ClH/c17-13(12-4-2-8-15-12)16(11-5-6-11)9-10-3-1-7-14-10;/h2,4,8,10-11,14-15H,1,3,5-7,9H2;1H. The Bertz CT molecular complexity index is 383. The first-order valence-electron chi connectivity index (χ1n) is 6.52. The van der Waals surface area contributed by atoms with Gasteiger partial charge in [0.1, 0.15) is 5.69 Å². The van der Waals surface area contributed by atoms with Gasteiger partial charge in [-0.25, -0.2) is 0 Å². The second-order valence-electron chi connectivity index (χ2n) is 5.07. The molecule has 1 unspecified atom stereocenters. The maximum absolute atomic E-state index is 12.3. The molecule has 1 aromatic heterocycles. The summed E-state index contributed by atoms with van der Waals surface area (Å²) in [6, 6.07) is 4.72. The van der Waals surface area contributed by atoms with Gasteiger partial charge in [0.15, 0.2) is 0 Å². The highest BCUT2D eigenvalue weighted by Gasteiger charge is 2.35. The van der Waals surface area contributed by atoms with Crippen LogP contribution in [0.15, 0.2) is 18.3 Å². The fraction of sp³-hybridized carbons (Fsp3) is 0.615. The number of hydrogen-bond acceptors (Lipinski definition) is 2. The van der Waals surface area contributed by atoms with Gasteiger partial charge >= 0.3 is 0 Å². The monoisotopic (exact) mass is 269 g/mol. The Balaban J connectivity index is 0.00000120. The summed E-state index contributed by atoms with van der Waals surface area (Å²) in [5.41, 5.74) is 0.717. The van der Waals surface area contributed by atoms with Crippen LogP contribution in [0.1, 0.15) is 36.2 Å². The summed E-state index contributed by atoms with van der Waals surface area (Å²) in [5, 5.41) is 3.47. The van der Waals surface area contributed by atoms with Crippen LogP contribution in [-0.2, 0) is 0 Å². The zero-order valence-corrected chi connectivity index (χ0v) is 11.2. The van der Waals surface area contributed by atoms with E-state index in [0.29, 0.717) is 12.1 Å². The fourth-order valence-electron chi connectivity index (χ4n) is 2.55. The third kappa shape index (κ3) is 2.87. The fourth-order valence-corrected chi connectivity index (χ4v) is 2.55. The molecule has 2 aliphatic rings. The number of hydrogen-bond donors (Lipinski definition) is 2. The van der Waals surface area contributed by atoms with Gasteiger partial charge in [-0.15, -0.1) is 12.4 Å². The summed E-state index contributed by atoms with van der Waals surface area (Å²) in [7, 11) is 0. The number of nitrogens with one attached hydrogen (secondary N) is 2. The molecule has 0 aromatic carbocycles. The van der Waals surface area contributed by atoms with Crippen molar-refractivity contribution in [3.05, 3.63) is 24.0 Å². The lowest BCUT2D eigenvalue weighted by Gasteiger charge is -2.25. The Morgan fingerprint density at radius 2 is 2.22 bits per heavy atom. The second kappa shape index (κ2) is 5.76. The van der Waals surface area contributed by atoms with Crippen molar-refractivity contribution in [3.8, 4) is 0 Å². The van der Waals surface area contributed by atoms with Crippen LogP contribution in [-0.4, -0.2) is 41.0 Å². The molecule has 1 amide bonds. The highest BCUT2D eigenvalue weighted by atomic mass is 35.5. The van der Waals surface area contributed by atoms with Crippen LogP contribution in [0.3, 0.4) is 0 Å². The summed E-state index contributed by atoms with van der Waals surface area (Å²) in [5.74, 6) is 0.159. The SMILES string of the molecule is Cl.O=C(c1ccc[nH]1)N(CC1CCCN1)C1CC1. The van der Waals surface area contributed by atoms with E-state index in [1.54, 1.807) is 0 Å². The highest BCUT2D eigenvalue weighted by molar-refractivity contribution is 5.92. The number of carbonyl (C=O) groups excluding carboxylic acids is 1. The molecule has 0 spiro atoms. The van der Waals surface area contributed by atoms with Gasteiger partial charge in [0.05, 0.1) is 0 Å². The molecule has 1 aliphatic heterocycles. The smallest absolute Gasteiger partial charge is 0.270 e. The summed E-state index contributed by atoms with van der Waals surface area (Å²) in [6.45, 7) is 1.96. The lowest BCUT2D eigenvalue weighted by molar-refractivity contribution is 0.0723. The average molecular weight is 270 g/mol. The van der Waals surface area contributed by atoms with Gasteiger partial charge in [0, 0.05) is 24.8 Å². The Morgan fingerprint density at radius 3 is 2.78 bits per heavy atom. The molecule has 1 aliphatic carbocycles. The van der Waals surface area contributed by atoms with Crippen LogP contribution < -0.4 is 5.32 Å². The Morgan fingerprint density at radius 1 is 1.39 bits per heavy atom. The first kappa shape index (κ1) is 13.4. The third-order valence-corrected chi connectivity index (χ3v) is 3.66. The number of rotatable bonds is 4. The van der Waals surface area contributed by atoms with Crippen molar-refractivity contribution in [1.29, 1.82) is 0 Å². The minimum absolute atomic E-state index is 0. The average Bonchev–Trinajstić information content (AvgIpc) is 2.86. The Hall–Kier alpha value is -1.00. The Kier molecular flexibility index (Phi) is 4.30. The molecule has 18 heavy (non-hydrogen) atoms. The molecule has 0 radical (unpaired) electrons. The normalized spacial score (nSPS) is 22.6. The van der Waals surface area contributed by atoms with Crippen molar-refractivity contribution in [2.24, 2.45) is 0 Å². The van der Waals surface area contributed by atoms with Crippen LogP contribution in [0.5, 0.6) is 0 Å². The topological polar surface area (TPSA) is 48.1 Å². The lowest BCUT2D eigenvalue weighted by Crippen LogP contribution is -2.42. The molecule has 2 heterocycles. The van der Waals surface area contributed by atoms with Crippen LogP contribution in [0.25, 0.3) is 0 Å². The summed E-state index contributed by atoms with van der Waals surface area (Å²) < 4.78 is 0. The molecular weight excluding hydrogens is 250 g/mol. The lowest BCUT2D eigenvalue weighted by atomic mass is 10.2. The van der Waals surface area contributed by atoms with E-state index in [9.17, 15) is 4.79 Å². The van der Waals surface area contributed by atoms with Crippen molar-refractivity contribution in [3.63, 3.8) is 0 Å². The van der Waals surface area contributed by atoms with Gasteiger partial charge in [-0.05, 0) is 44.4 Å².